The molecule has 3 rings (SSSR count). The highest BCUT2D eigenvalue weighted by Crippen LogP contribution is 2.36. The molecule has 1 aliphatic rings. The molecule has 2 aromatic rings. The molecule has 1 amide bonds. The van der Waals surface area contributed by atoms with E-state index in [9.17, 15) is 9.59 Å². The molecule has 0 saturated carbocycles. The van der Waals surface area contributed by atoms with Crippen molar-refractivity contribution in [2.75, 3.05) is 30.8 Å². The number of nitrogens with one attached hydrogen (secondary N) is 1. The number of fused-ring (bicyclic) bond motifs is 1. The summed E-state index contributed by atoms with van der Waals surface area (Å²) in [4.78, 5) is 27.6. The van der Waals surface area contributed by atoms with Gasteiger partial charge in [-0.1, -0.05) is 17.7 Å². The second-order valence-electron chi connectivity index (χ2n) is 6.61. The number of nitrogen functional groups attached to an aromatic ring is 1. The van der Waals surface area contributed by atoms with Crippen molar-refractivity contribution in [3.63, 3.8) is 0 Å². The van der Waals surface area contributed by atoms with Gasteiger partial charge in [0.05, 0.1) is 17.0 Å². The van der Waals surface area contributed by atoms with Gasteiger partial charge >= 0.3 is 5.97 Å². The van der Waals surface area contributed by atoms with Crippen LogP contribution in [0, 0.1) is 6.92 Å². The first-order valence-electron chi connectivity index (χ1n) is 9.11. The minimum absolute atomic E-state index is 0.238. The van der Waals surface area contributed by atoms with E-state index in [1.54, 1.807) is 14.0 Å². The number of aryl methyl sites for hydroxylation is 2. The standard InChI is InChI=1S/C20H25N3O3S/c1-4-26-20(25)16-14(17(19(24)22-3)27-18(16)21)11-23-9-5-6-13-10-12(2)7-8-15(13)23/h7-8,10H,4-6,9,11,21H2,1-3H3,(H,22,24). The van der Waals surface area contributed by atoms with Crippen LogP contribution in [-0.2, 0) is 17.7 Å². The number of nitrogens with zero attached hydrogens (tertiary/aromatic N) is 1. The van der Waals surface area contributed by atoms with Crippen LogP contribution in [0.3, 0.4) is 0 Å². The van der Waals surface area contributed by atoms with Gasteiger partial charge in [0.2, 0.25) is 0 Å². The number of thiophene rings is 1. The number of benzene rings is 1. The summed E-state index contributed by atoms with van der Waals surface area (Å²) in [6.07, 6.45) is 2.06. The number of hydrogen-bond donors (Lipinski definition) is 2. The molecule has 0 fully saturated rings. The number of anilines is 2. The van der Waals surface area contributed by atoms with E-state index in [0.29, 0.717) is 27.5 Å². The van der Waals surface area contributed by atoms with E-state index in [0.717, 1.165) is 36.4 Å². The molecule has 3 N–H and O–H groups in total. The van der Waals surface area contributed by atoms with Crippen LogP contribution in [0.1, 0.15) is 50.1 Å². The fourth-order valence-electron chi connectivity index (χ4n) is 3.52. The van der Waals surface area contributed by atoms with E-state index < -0.39 is 5.97 Å². The van der Waals surface area contributed by atoms with Gasteiger partial charge in [0.15, 0.2) is 0 Å². The molecule has 0 bridgehead atoms. The fraction of sp³-hybridized carbons (Fsp3) is 0.400. The van der Waals surface area contributed by atoms with Crippen molar-refractivity contribution in [1.82, 2.24) is 5.32 Å². The average Bonchev–Trinajstić information content (AvgIpc) is 2.97. The SMILES string of the molecule is CCOC(=O)c1c(N)sc(C(=O)NC)c1CN1CCCc2cc(C)ccc21. The Hall–Kier alpha value is -2.54. The van der Waals surface area contributed by atoms with Crippen molar-refractivity contribution in [2.45, 2.75) is 33.2 Å². The lowest BCUT2D eigenvalue weighted by Crippen LogP contribution is -2.30. The Morgan fingerprint density at radius 2 is 2.15 bits per heavy atom. The monoisotopic (exact) mass is 387 g/mol. The van der Waals surface area contributed by atoms with E-state index in [4.69, 9.17) is 10.5 Å². The third-order valence-electron chi connectivity index (χ3n) is 4.75. The number of rotatable bonds is 5. The molecule has 0 unspecified atom stereocenters. The first kappa shape index (κ1) is 19.2. The zero-order chi connectivity index (χ0) is 19.6. The molecule has 1 aromatic heterocycles. The van der Waals surface area contributed by atoms with Gasteiger partial charge in [0, 0.05) is 31.4 Å². The van der Waals surface area contributed by atoms with Gasteiger partial charge in [-0.05, 0) is 38.3 Å². The zero-order valence-electron chi connectivity index (χ0n) is 15.9. The van der Waals surface area contributed by atoms with Crippen molar-refractivity contribution in [2.24, 2.45) is 0 Å². The molecular formula is C20H25N3O3S. The van der Waals surface area contributed by atoms with Crippen LogP contribution in [0.2, 0.25) is 0 Å². The predicted octanol–water partition coefficient (Wildman–Crippen LogP) is 3.13. The smallest absolute Gasteiger partial charge is 0.341 e. The Balaban J connectivity index is 2.04. The number of carbonyl (C=O) groups excluding carboxylic acids is 2. The Bertz CT molecular complexity index is 876. The molecule has 0 aliphatic carbocycles. The van der Waals surface area contributed by atoms with Gasteiger partial charge in [0.1, 0.15) is 5.00 Å². The minimum atomic E-state index is -0.474. The summed E-state index contributed by atoms with van der Waals surface area (Å²) in [5, 5.41) is 2.96. The van der Waals surface area contributed by atoms with Crippen LogP contribution in [0.5, 0.6) is 0 Å². The average molecular weight is 388 g/mol. The fourth-order valence-corrected chi connectivity index (χ4v) is 4.53. The van der Waals surface area contributed by atoms with Crippen molar-refractivity contribution < 1.29 is 14.3 Å². The highest BCUT2D eigenvalue weighted by atomic mass is 32.1. The molecule has 0 spiro atoms. The predicted molar refractivity (Wildman–Crippen MR) is 109 cm³/mol. The highest BCUT2D eigenvalue weighted by molar-refractivity contribution is 7.18. The molecule has 1 aliphatic heterocycles. The minimum Gasteiger partial charge on any atom is -0.462 e. The van der Waals surface area contributed by atoms with Gasteiger partial charge < -0.3 is 20.7 Å². The molecule has 0 atom stereocenters. The molecule has 6 nitrogen and oxygen atoms in total. The Kier molecular flexibility index (Phi) is 5.70. The lowest BCUT2D eigenvalue weighted by molar-refractivity contribution is 0.0527. The maximum Gasteiger partial charge on any atom is 0.341 e. The summed E-state index contributed by atoms with van der Waals surface area (Å²) < 4.78 is 5.19. The van der Waals surface area contributed by atoms with Crippen molar-refractivity contribution in [3.05, 3.63) is 45.3 Å². The first-order chi connectivity index (χ1) is 13.0. The first-order valence-corrected chi connectivity index (χ1v) is 9.92. The van der Waals surface area contributed by atoms with Gasteiger partial charge in [-0.15, -0.1) is 11.3 Å². The van der Waals surface area contributed by atoms with Gasteiger partial charge in [0.25, 0.3) is 5.91 Å². The zero-order valence-corrected chi connectivity index (χ0v) is 16.7. The summed E-state index contributed by atoms with van der Waals surface area (Å²) in [5.74, 6) is -0.712. The Morgan fingerprint density at radius 3 is 2.85 bits per heavy atom. The highest BCUT2D eigenvalue weighted by Gasteiger charge is 2.29. The third kappa shape index (κ3) is 3.78. The van der Waals surface area contributed by atoms with Crippen LogP contribution < -0.4 is 16.0 Å². The van der Waals surface area contributed by atoms with E-state index in [1.807, 2.05) is 0 Å². The molecule has 0 saturated heterocycles. The van der Waals surface area contributed by atoms with E-state index in [1.165, 1.54) is 11.1 Å². The molecule has 27 heavy (non-hydrogen) atoms. The third-order valence-corrected chi connectivity index (χ3v) is 5.81. The van der Waals surface area contributed by atoms with E-state index in [2.05, 4.69) is 35.3 Å². The van der Waals surface area contributed by atoms with Crippen LogP contribution in [0.15, 0.2) is 18.2 Å². The summed E-state index contributed by atoms with van der Waals surface area (Å²) in [6.45, 7) is 5.40. The second kappa shape index (κ2) is 8.00. The normalized spacial score (nSPS) is 13.2. The molecule has 0 radical (unpaired) electrons. The summed E-state index contributed by atoms with van der Waals surface area (Å²) in [6, 6.07) is 6.41. The van der Waals surface area contributed by atoms with Crippen LogP contribution in [-0.4, -0.2) is 32.1 Å². The van der Waals surface area contributed by atoms with Gasteiger partial charge in [-0.2, -0.15) is 0 Å². The summed E-state index contributed by atoms with van der Waals surface area (Å²) in [7, 11) is 1.57. The summed E-state index contributed by atoms with van der Waals surface area (Å²) >= 11 is 1.14. The van der Waals surface area contributed by atoms with E-state index in [-0.39, 0.29) is 12.5 Å². The topological polar surface area (TPSA) is 84.7 Å². The van der Waals surface area contributed by atoms with Crippen molar-refractivity contribution in [1.29, 1.82) is 0 Å². The quantitative estimate of drug-likeness (QED) is 0.770. The molecule has 1 aromatic carbocycles. The molecular weight excluding hydrogens is 362 g/mol. The van der Waals surface area contributed by atoms with Gasteiger partial charge in [-0.3, -0.25) is 4.79 Å². The molecule has 144 valence electrons. The van der Waals surface area contributed by atoms with Crippen LogP contribution >= 0.6 is 11.3 Å². The number of nitrogens with two attached hydrogens (primary N) is 1. The largest absolute Gasteiger partial charge is 0.462 e. The van der Waals surface area contributed by atoms with Crippen molar-refractivity contribution >= 4 is 33.9 Å². The number of esters is 1. The Morgan fingerprint density at radius 1 is 1.37 bits per heavy atom. The number of amides is 1. The lowest BCUT2D eigenvalue weighted by atomic mass is 9.98. The number of ether oxygens (including phenoxy) is 1. The molecule has 7 heteroatoms. The second-order valence-corrected chi connectivity index (χ2v) is 7.66. The number of carbonyl (C=O) groups is 2. The maximum absolute atomic E-state index is 12.5. The maximum atomic E-state index is 12.5. The molecule has 2 heterocycles. The van der Waals surface area contributed by atoms with Crippen LogP contribution in [0.25, 0.3) is 0 Å². The van der Waals surface area contributed by atoms with Gasteiger partial charge in [-0.25, -0.2) is 4.79 Å². The lowest BCUT2D eigenvalue weighted by Gasteiger charge is -2.32. The summed E-state index contributed by atoms with van der Waals surface area (Å²) in [5.41, 5.74) is 10.7. The van der Waals surface area contributed by atoms with Crippen molar-refractivity contribution in [3.8, 4) is 0 Å². The van der Waals surface area contributed by atoms with Crippen LogP contribution in [0.4, 0.5) is 10.7 Å². The Labute approximate surface area is 163 Å². The number of hydrogen-bond acceptors (Lipinski definition) is 6. The van der Waals surface area contributed by atoms with E-state index >= 15 is 0 Å².